The van der Waals surface area contributed by atoms with Crippen LogP contribution in [0.25, 0.3) is 0 Å². The van der Waals surface area contributed by atoms with Crippen LogP contribution in [0.2, 0.25) is 0 Å². The van der Waals surface area contributed by atoms with E-state index in [9.17, 15) is 0 Å². The van der Waals surface area contributed by atoms with Gasteiger partial charge in [0.05, 0.1) is 12.9 Å². The minimum absolute atomic E-state index is 1.07. The van der Waals surface area contributed by atoms with Gasteiger partial charge >= 0.3 is 0 Å². The molecule has 1 heteroatoms. The Morgan fingerprint density at radius 1 is 1.36 bits per heavy atom. The molecule has 0 fully saturated rings. The summed E-state index contributed by atoms with van der Waals surface area (Å²) < 4.78 is 5.13. The first-order valence-corrected chi connectivity index (χ1v) is 4.25. The highest BCUT2D eigenvalue weighted by Gasteiger charge is 2.02. The number of hydrogen-bond donors (Lipinski definition) is 0. The standard InChI is InChI=1S/C8H12O.C2H6/c1-7-5-3-4-6-8(7)9-2;1-2/h3,5H,4,6H2,1-2H3;1-2H3. The van der Waals surface area contributed by atoms with Crippen molar-refractivity contribution < 1.29 is 4.74 Å². The summed E-state index contributed by atoms with van der Waals surface area (Å²) >= 11 is 0. The highest BCUT2D eigenvalue weighted by Crippen LogP contribution is 2.17. The Kier molecular flexibility index (Phi) is 5.63. The van der Waals surface area contributed by atoms with Gasteiger partial charge in [0.15, 0.2) is 0 Å². The van der Waals surface area contributed by atoms with Crippen molar-refractivity contribution in [3.8, 4) is 0 Å². The van der Waals surface area contributed by atoms with Crippen molar-refractivity contribution in [1.29, 1.82) is 0 Å². The molecule has 1 nitrogen and oxygen atoms in total. The third kappa shape index (κ3) is 3.26. The fourth-order valence-electron chi connectivity index (χ4n) is 1.03. The molecule has 0 N–H and O–H groups in total. The van der Waals surface area contributed by atoms with Crippen molar-refractivity contribution in [2.45, 2.75) is 33.6 Å². The van der Waals surface area contributed by atoms with Gasteiger partial charge in [-0.15, -0.1) is 0 Å². The van der Waals surface area contributed by atoms with Crippen LogP contribution in [-0.4, -0.2) is 7.11 Å². The molecule has 64 valence electrons. The molecule has 0 aromatic heterocycles. The molecule has 0 aromatic rings. The van der Waals surface area contributed by atoms with E-state index in [1.54, 1.807) is 7.11 Å². The second-order valence-electron chi connectivity index (χ2n) is 2.25. The first-order valence-electron chi connectivity index (χ1n) is 4.25. The second kappa shape index (κ2) is 6.02. The minimum Gasteiger partial charge on any atom is -0.501 e. The maximum atomic E-state index is 5.13. The number of allylic oxidation sites excluding steroid dienone is 4. The lowest BCUT2D eigenvalue weighted by molar-refractivity contribution is 0.273. The van der Waals surface area contributed by atoms with E-state index in [-0.39, 0.29) is 0 Å². The van der Waals surface area contributed by atoms with Crippen molar-refractivity contribution in [1.82, 2.24) is 0 Å². The lowest BCUT2D eigenvalue weighted by atomic mass is 10.1. The Morgan fingerprint density at radius 2 is 2.00 bits per heavy atom. The number of ether oxygens (including phenoxy) is 1. The van der Waals surface area contributed by atoms with E-state index in [1.807, 2.05) is 13.8 Å². The average molecular weight is 154 g/mol. The summed E-state index contributed by atoms with van der Waals surface area (Å²) in [5, 5.41) is 0. The predicted molar refractivity (Wildman–Crippen MR) is 49.4 cm³/mol. The predicted octanol–water partition coefficient (Wildman–Crippen LogP) is 3.28. The maximum Gasteiger partial charge on any atom is 0.0987 e. The van der Waals surface area contributed by atoms with Crippen LogP contribution in [0.3, 0.4) is 0 Å². The summed E-state index contributed by atoms with van der Waals surface area (Å²) in [6, 6.07) is 0. The summed E-state index contributed by atoms with van der Waals surface area (Å²) in [4.78, 5) is 0. The molecule has 1 aliphatic rings. The van der Waals surface area contributed by atoms with Gasteiger partial charge < -0.3 is 4.74 Å². The third-order valence-electron chi connectivity index (χ3n) is 1.59. The maximum absolute atomic E-state index is 5.13. The van der Waals surface area contributed by atoms with Gasteiger partial charge in [0.2, 0.25) is 0 Å². The molecule has 11 heavy (non-hydrogen) atoms. The van der Waals surface area contributed by atoms with Gasteiger partial charge in [-0.3, -0.25) is 0 Å². The first-order chi connectivity index (χ1) is 5.34. The molecule has 1 aliphatic carbocycles. The number of rotatable bonds is 1. The first kappa shape index (κ1) is 10.3. The highest BCUT2D eigenvalue weighted by molar-refractivity contribution is 5.23. The molecule has 0 saturated heterocycles. The Hall–Kier alpha value is -0.720. The molecule has 0 radical (unpaired) electrons. The monoisotopic (exact) mass is 154 g/mol. The minimum atomic E-state index is 1.07. The zero-order valence-electron chi connectivity index (χ0n) is 7.98. The molecule has 1 rings (SSSR count). The van der Waals surface area contributed by atoms with Crippen molar-refractivity contribution in [2.75, 3.05) is 7.11 Å². The van der Waals surface area contributed by atoms with Crippen molar-refractivity contribution in [3.05, 3.63) is 23.5 Å². The van der Waals surface area contributed by atoms with Crippen LogP contribution in [0.1, 0.15) is 33.6 Å². The van der Waals surface area contributed by atoms with Crippen LogP contribution >= 0.6 is 0 Å². The molecule has 0 aromatic carbocycles. The smallest absolute Gasteiger partial charge is 0.0987 e. The van der Waals surface area contributed by atoms with Gasteiger partial charge in [-0.2, -0.15) is 0 Å². The largest absolute Gasteiger partial charge is 0.501 e. The second-order valence-corrected chi connectivity index (χ2v) is 2.25. The zero-order valence-corrected chi connectivity index (χ0v) is 7.98. The summed E-state index contributed by atoms with van der Waals surface area (Å²) in [6.45, 7) is 6.08. The van der Waals surface area contributed by atoms with Gasteiger partial charge in [0, 0.05) is 6.42 Å². The Bertz CT molecular complexity index is 154. The summed E-state index contributed by atoms with van der Waals surface area (Å²) in [5.41, 5.74) is 1.27. The van der Waals surface area contributed by atoms with Crippen LogP contribution in [0.5, 0.6) is 0 Å². The summed E-state index contributed by atoms with van der Waals surface area (Å²) in [6.07, 6.45) is 6.49. The molecule has 0 amide bonds. The van der Waals surface area contributed by atoms with E-state index in [0.717, 1.165) is 18.6 Å². The third-order valence-corrected chi connectivity index (χ3v) is 1.59. The van der Waals surface area contributed by atoms with Crippen LogP contribution in [-0.2, 0) is 4.74 Å². The number of hydrogen-bond acceptors (Lipinski definition) is 1. The van der Waals surface area contributed by atoms with Gasteiger partial charge in [-0.1, -0.05) is 26.0 Å². The van der Waals surface area contributed by atoms with Crippen LogP contribution < -0.4 is 0 Å². The normalized spacial score (nSPS) is 15.6. The van der Waals surface area contributed by atoms with Crippen LogP contribution in [0.4, 0.5) is 0 Å². The Balaban J connectivity index is 0.000000461. The lowest BCUT2D eigenvalue weighted by Gasteiger charge is -2.10. The topological polar surface area (TPSA) is 9.23 Å². The Morgan fingerprint density at radius 3 is 2.36 bits per heavy atom. The van der Waals surface area contributed by atoms with Gasteiger partial charge in [-0.05, 0) is 18.9 Å². The lowest BCUT2D eigenvalue weighted by Crippen LogP contribution is -1.93. The SMILES string of the molecule is CC.COC1=C(C)C=CCC1. The van der Waals surface area contributed by atoms with Crippen LogP contribution in [0, 0.1) is 0 Å². The Labute approximate surface area is 69.8 Å². The summed E-state index contributed by atoms with van der Waals surface area (Å²) in [7, 11) is 1.73. The van der Waals surface area contributed by atoms with E-state index in [0.29, 0.717) is 0 Å². The molecule has 0 atom stereocenters. The van der Waals surface area contributed by atoms with Crippen molar-refractivity contribution >= 4 is 0 Å². The molecule has 0 saturated carbocycles. The van der Waals surface area contributed by atoms with Crippen molar-refractivity contribution in [2.24, 2.45) is 0 Å². The van der Waals surface area contributed by atoms with Gasteiger partial charge in [-0.25, -0.2) is 0 Å². The number of methoxy groups -OCH3 is 1. The van der Waals surface area contributed by atoms with Gasteiger partial charge in [0.25, 0.3) is 0 Å². The highest BCUT2D eigenvalue weighted by atomic mass is 16.5. The molecule has 0 bridgehead atoms. The quantitative estimate of drug-likeness (QED) is 0.563. The van der Waals surface area contributed by atoms with E-state index >= 15 is 0 Å². The fourth-order valence-corrected chi connectivity index (χ4v) is 1.03. The molecular formula is C10H18O. The molecular weight excluding hydrogens is 136 g/mol. The van der Waals surface area contributed by atoms with Crippen molar-refractivity contribution in [3.63, 3.8) is 0 Å². The fraction of sp³-hybridized carbons (Fsp3) is 0.600. The van der Waals surface area contributed by atoms with E-state index in [2.05, 4.69) is 19.1 Å². The van der Waals surface area contributed by atoms with E-state index < -0.39 is 0 Å². The van der Waals surface area contributed by atoms with Crippen LogP contribution in [0.15, 0.2) is 23.5 Å². The van der Waals surface area contributed by atoms with E-state index in [1.165, 1.54) is 5.57 Å². The molecule has 0 heterocycles. The van der Waals surface area contributed by atoms with E-state index in [4.69, 9.17) is 4.74 Å². The zero-order chi connectivity index (χ0) is 8.69. The summed E-state index contributed by atoms with van der Waals surface area (Å²) in [5.74, 6) is 1.14. The van der Waals surface area contributed by atoms with Gasteiger partial charge in [0.1, 0.15) is 0 Å². The molecule has 0 unspecified atom stereocenters. The molecule has 0 spiro atoms. The average Bonchev–Trinajstić information content (AvgIpc) is 2.09. The molecule has 0 aliphatic heterocycles.